The average Bonchev–Trinajstić information content (AvgIpc) is 3.44. The number of imide groups is 1. The van der Waals surface area contributed by atoms with Gasteiger partial charge in [-0.1, -0.05) is 48.5 Å². The molecule has 1 unspecified atom stereocenters. The van der Waals surface area contributed by atoms with E-state index in [4.69, 9.17) is 0 Å². The fourth-order valence-electron chi connectivity index (χ4n) is 6.40. The molecule has 4 aliphatic heterocycles. The van der Waals surface area contributed by atoms with Gasteiger partial charge < -0.3 is 10.2 Å². The van der Waals surface area contributed by atoms with Crippen molar-refractivity contribution < 1.29 is 19.3 Å². The molecule has 5 atom stereocenters. The first-order chi connectivity index (χ1) is 14.1. The van der Waals surface area contributed by atoms with Gasteiger partial charge in [-0.3, -0.25) is 19.3 Å². The Morgan fingerprint density at radius 3 is 2.59 bits per heavy atom. The van der Waals surface area contributed by atoms with Crippen LogP contribution in [0.1, 0.15) is 24.0 Å². The van der Waals surface area contributed by atoms with Gasteiger partial charge in [0.05, 0.1) is 18.8 Å². The predicted octanol–water partition coefficient (Wildman–Crippen LogP) is 0.696. The summed E-state index contributed by atoms with van der Waals surface area (Å²) in [5, 5.41) is 3.01. The maximum atomic E-state index is 13.7. The fourth-order valence-corrected chi connectivity index (χ4v) is 6.40. The third kappa shape index (κ3) is 1.97. The third-order valence-corrected chi connectivity index (χ3v) is 7.40. The van der Waals surface area contributed by atoms with Crippen LogP contribution >= 0.6 is 0 Å². The van der Waals surface area contributed by atoms with Crippen LogP contribution in [0.15, 0.2) is 54.6 Å². The molecule has 0 saturated carbocycles. The van der Waals surface area contributed by atoms with E-state index in [1.54, 1.807) is 0 Å². The van der Waals surface area contributed by atoms with Crippen molar-refractivity contribution >= 4 is 23.4 Å². The lowest BCUT2D eigenvalue weighted by atomic mass is 9.75. The summed E-state index contributed by atoms with van der Waals surface area (Å²) in [6.45, 7) is 1.09. The zero-order chi connectivity index (χ0) is 19.8. The fraction of sp³-hybridized carbons (Fsp3) is 0.348. The number of amides is 3. The maximum absolute atomic E-state index is 13.7. The van der Waals surface area contributed by atoms with E-state index < -0.39 is 17.4 Å². The Bertz CT molecular complexity index is 1050. The molecule has 2 aromatic rings. The Kier molecular flexibility index (Phi) is 3.36. The summed E-state index contributed by atoms with van der Waals surface area (Å²) in [4.78, 5) is 43.1. The number of benzene rings is 2. The van der Waals surface area contributed by atoms with Gasteiger partial charge in [0.1, 0.15) is 17.9 Å². The van der Waals surface area contributed by atoms with Crippen molar-refractivity contribution in [2.45, 2.75) is 31.0 Å². The Labute approximate surface area is 168 Å². The molecule has 4 heterocycles. The predicted molar refractivity (Wildman–Crippen MR) is 105 cm³/mol. The largest absolute Gasteiger partial charge is 0.320 e. The summed E-state index contributed by atoms with van der Waals surface area (Å²) in [6, 6.07) is 17.3. The van der Waals surface area contributed by atoms with E-state index in [0.29, 0.717) is 0 Å². The van der Waals surface area contributed by atoms with E-state index in [1.807, 2.05) is 54.6 Å². The molecule has 4 aliphatic rings. The molecule has 3 fully saturated rings. The van der Waals surface area contributed by atoms with Crippen molar-refractivity contribution in [2.75, 3.05) is 11.9 Å². The molecule has 0 bridgehead atoms. The second-order valence-electron chi connectivity index (χ2n) is 8.58. The summed E-state index contributed by atoms with van der Waals surface area (Å²) in [6.07, 6.45) is 1.85. The van der Waals surface area contributed by atoms with Gasteiger partial charge in [0, 0.05) is 18.4 Å². The van der Waals surface area contributed by atoms with Crippen LogP contribution < -0.4 is 10.2 Å². The topological polar surface area (TPSA) is 70.9 Å². The van der Waals surface area contributed by atoms with Crippen molar-refractivity contribution in [1.82, 2.24) is 4.90 Å². The lowest BCUT2D eigenvalue weighted by Crippen LogP contribution is -3.19. The molecule has 0 aliphatic carbocycles. The second kappa shape index (κ2) is 5.76. The highest BCUT2D eigenvalue weighted by Gasteiger charge is 2.78. The minimum absolute atomic E-state index is 0.0223. The van der Waals surface area contributed by atoms with Crippen LogP contribution in [-0.2, 0) is 26.5 Å². The molecule has 146 valence electrons. The molecule has 2 N–H and O–H groups in total. The molecule has 6 heteroatoms. The van der Waals surface area contributed by atoms with Gasteiger partial charge in [-0.15, -0.1) is 0 Å². The van der Waals surface area contributed by atoms with Gasteiger partial charge >= 0.3 is 0 Å². The number of quaternary nitrogens is 1. The van der Waals surface area contributed by atoms with E-state index in [2.05, 4.69) is 5.32 Å². The molecule has 29 heavy (non-hydrogen) atoms. The number of hydrogen-bond acceptors (Lipinski definition) is 3. The SMILES string of the molecule is O=C1[C@H]2[C@@H](C(=O)N1Cc1ccccc1)[C@]1(C(=O)Nc3ccccc31)[NH+]1CCC[C@@H]21. The molecular formula is C23H22N3O3+. The van der Waals surface area contributed by atoms with Crippen LogP contribution in [0, 0.1) is 11.8 Å². The molecule has 6 rings (SSSR count). The number of hydrogen-bond donors (Lipinski definition) is 2. The van der Waals surface area contributed by atoms with Gasteiger partial charge in [-0.2, -0.15) is 0 Å². The number of nitrogens with zero attached hydrogens (tertiary/aromatic N) is 1. The van der Waals surface area contributed by atoms with E-state index in [1.165, 1.54) is 4.90 Å². The van der Waals surface area contributed by atoms with Crippen LogP contribution in [0.2, 0.25) is 0 Å². The molecule has 2 aromatic carbocycles. The van der Waals surface area contributed by atoms with Crippen molar-refractivity contribution in [3.05, 3.63) is 65.7 Å². The second-order valence-corrected chi connectivity index (χ2v) is 8.58. The zero-order valence-electron chi connectivity index (χ0n) is 15.9. The van der Waals surface area contributed by atoms with Crippen molar-refractivity contribution in [3.8, 4) is 0 Å². The summed E-state index contributed by atoms with van der Waals surface area (Å²) in [5.41, 5.74) is 1.59. The van der Waals surface area contributed by atoms with Crippen molar-refractivity contribution in [1.29, 1.82) is 0 Å². The maximum Gasteiger partial charge on any atom is 0.291 e. The smallest absolute Gasteiger partial charge is 0.291 e. The molecule has 3 amide bonds. The Hall–Kier alpha value is -2.99. The van der Waals surface area contributed by atoms with Gasteiger partial charge in [-0.25, -0.2) is 0 Å². The van der Waals surface area contributed by atoms with E-state index in [-0.39, 0.29) is 30.3 Å². The number of likely N-dealkylation sites (tertiary alicyclic amines) is 1. The molecule has 1 spiro atoms. The minimum atomic E-state index is -0.986. The summed E-state index contributed by atoms with van der Waals surface area (Å²) in [7, 11) is 0. The number of nitrogens with one attached hydrogen (secondary N) is 2. The first-order valence-electron chi connectivity index (χ1n) is 10.3. The highest BCUT2D eigenvalue weighted by atomic mass is 16.2. The average molecular weight is 388 g/mol. The van der Waals surface area contributed by atoms with Crippen molar-refractivity contribution in [2.24, 2.45) is 11.8 Å². The first-order valence-corrected chi connectivity index (χ1v) is 10.3. The van der Waals surface area contributed by atoms with Gasteiger partial charge in [0.2, 0.25) is 17.4 Å². The zero-order valence-corrected chi connectivity index (χ0v) is 15.9. The Morgan fingerprint density at radius 2 is 1.76 bits per heavy atom. The number of para-hydroxylation sites is 1. The van der Waals surface area contributed by atoms with E-state index >= 15 is 0 Å². The third-order valence-electron chi connectivity index (χ3n) is 7.40. The molecular weight excluding hydrogens is 366 g/mol. The highest BCUT2D eigenvalue weighted by molar-refractivity contribution is 6.14. The number of anilines is 1. The van der Waals surface area contributed by atoms with Crippen LogP contribution in [0.4, 0.5) is 5.69 Å². The van der Waals surface area contributed by atoms with Crippen LogP contribution in [-0.4, -0.2) is 35.2 Å². The number of rotatable bonds is 2. The molecule has 0 radical (unpaired) electrons. The monoisotopic (exact) mass is 388 g/mol. The molecule has 0 aromatic heterocycles. The van der Waals surface area contributed by atoms with Crippen LogP contribution in [0.5, 0.6) is 0 Å². The Morgan fingerprint density at radius 1 is 1.00 bits per heavy atom. The summed E-state index contributed by atoms with van der Waals surface area (Å²) < 4.78 is 0. The summed E-state index contributed by atoms with van der Waals surface area (Å²) >= 11 is 0. The number of fused-ring (bicyclic) bond motifs is 7. The number of carbonyl (C=O) groups is 3. The van der Waals surface area contributed by atoms with Gasteiger partial charge in [0.15, 0.2) is 0 Å². The Balaban J connectivity index is 1.49. The normalized spacial score (nSPS) is 34.5. The molecule has 6 nitrogen and oxygen atoms in total. The molecule has 3 saturated heterocycles. The van der Waals surface area contributed by atoms with E-state index in [9.17, 15) is 14.4 Å². The lowest BCUT2D eigenvalue weighted by Gasteiger charge is -2.33. The highest BCUT2D eigenvalue weighted by Crippen LogP contribution is 2.51. The number of carbonyl (C=O) groups excluding carboxylic acids is 3. The van der Waals surface area contributed by atoms with Gasteiger partial charge in [-0.05, 0) is 11.6 Å². The van der Waals surface area contributed by atoms with Crippen molar-refractivity contribution in [3.63, 3.8) is 0 Å². The lowest BCUT2D eigenvalue weighted by molar-refractivity contribution is -0.948. The van der Waals surface area contributed by atoms with E-state index in [0.717, 1.165) is 41.1 Å². The van der Waals surface area contributed by atoms with Crippen LogP contribution in [0.3, 0.4) is 0 Å². The first kappa shape index (κ1) is 16.9. The van der Waals surface area contributed by atoms with Crippen LogP contribution in [0.25, 0.3) is 0 Å². The minimum Gasteiger partial charge on any atom is -0.320 e. The standard InChI is InChI=1S/C23H21N3O3/c27-20-18-17-11-6-12-26(17)23(15-9-4-5-10-16(15)24-22(23)29)19(18)21(28)25(20)13-14-7-2-1-3-8-14/h1-5,7-10,17-19H,6,11-13H2,(H,24,29)/p+1/t17-,18+,19-,23+/m0/s1. The quantitative estimate of drug-likeness (QED) is 0.744. The van der Waals surface area contributed by atoms with Gasteiger partial charge in [0.25, 0.3) is 5.91 Å². The summed E-state index contributed by atoms with van der Waals surface area (Å²) in [5.74, 6) is -1.47.